The number of carbonyl (C=O) groups is 1. The van der Waals surface area contributed by atoms with Crippen molar-refractivity contribution in [3.05, 3.63) is 57.4 Å². The van der Waals surface area contributed by atoms with Crippen molar-refractivity contribution >= 4 is 39.9 Å². The summed E-state index contributed by atoms with van der Waals surface area (Å²) in [6.07, 6.45) is -1.08. The Labute approximate surface area is 151 Å². The number of nitrogens with one attached hydrogen (secondary N) is 2. The van der Waals surface area contributed by atoms with E-state index >= 15 is 0 Å². The molecule has 0 aliphatic heterocycles. The van der Waals surface area contributed by atoms with Gasteiger partial charge in [0.15, 0.2) is 0 Å². The second kappa shape index (κ2) is 8.92. The minimum atomic E-state index is -1.08. The van der Waals surface area contributed by atoms with E-state index in [1.807, 2.05) is 22.6 Å². The van der Waals surface area contributed by atoms with Crippen LogP contribution in [0.5, 0.6) is 0 Å². The largest absolute Gasteiger partial charge is 0.394 e. The molecule has 0 radical (unpaired) electrons. The van der Waals surface area contributed by atoms with Crippen molar-refractivity contribution in [1.82, 2.24) is 5.48 Å². The van der Waals surface area contributed by atoms with Crippen molar-refractivity contribution in [2.75, 3.05) is 18.5 Å². The zero-order valence-electron chi connectivity index (χ0n) is 12.5. The van der Waals surface area contributed by atoms with E-state index in [-0.39, 0.29) is 17.9 Å². The molecule has 0 saturated carbocycles. The number of anilines is 2. The van der Waals surface area contributed by atoms with Gasteiger partial charge in [-0.25, -0.2) is 9.87 Å². The average molecular weight is 446 g/mol. The first-order valence-corrected chi connectivity index (χ1v) is 8.11. The molecule has 2 aromatic carbocycles. The van der Waals surface area contributed by atoms with Crippen molar-refractivity contribution in [1.29, 1.82) is 0 Å². The summed E-state index contributed by atoms with van der Waals surface area (Å²) in [6, 6.07) is 11.3. The van der Waals surface area contributed by atoms with E-state index in [9.17, 15) is 9.18 Å². The molecule has 2 rings (SSSR count). The molecular formula is C16H16FIN2O4. The van der Waals surface area contributed by atoms with Gasteiger partial charge in [-0.2, -0.15) is 0 Å². The normalized spacial score (nSPS) is 11.8. The molecule has 0 aromatic heterocycles. The van der Waals surface area contributed by atoms with Gasteiger partial charge in [0.2, 0.25) is 0 Å². The molecule has 24 heavy (non-hydrogen) atoms. The number of aliphatic hydroxyl groups excluding tert-OH is 2. The average Bonchev–Trinajstić information content (AvgIpc) is 2.57. The molecule has 0 heterocycles. The Balaban J connectivity index is 2.10. The summed E-state index contributed by atoms with van der Waals surface area (Å²) in [5.41, 5.74) is 3.06. The van der Waals surface area contributed by atoms with Gasteiger partial charge >= 0.3 is 0 Å². The molecule has 1 unspecified atom stereocenters. The second-order valence-electron chi connectivity index (χ2n) is 4.87. The van der Waals surface area contributed by atoms with Crippen molar-refractivity contribution in [2.24, 2.45) is 0 Å². The van der Waals surface area contributed by atoms with E-state index in [2.05, 4.69) is 10.8 Å². The lowest BCUT2D eigenvalue weighted by molar-refractivity contribution is -0.0295. The fraction of sp³-hybridized carbons (Fsp3) is 0.188. The Morgan fingerprint density at radius 3 is 2.71 bits per heavy atom. The fourth-order valence-electron chi connectivity index (χ4n) is 1.84. The number of aliphatic hydroxyl groups is 2. The second-order valence-corrected chi connectivity index (χ2v) is 6.12. The predicted molar refractivity (Wildman–Crippen MR) is 95.4 cm³/mol. The molecule has 0 aliphatic rings. The first-order chi connectivity index (χ1) is 11.5. The Kier molecular flexibility index (Phi) is 6.91. The molecule has 6 nitrogen and oxygen atoms in total. The topological polar surface area (TPSA) is 90.8 Å². The van der Waals surface area contributed by atoms with E-state index in [0.29, 0.717) is 5.69 Å². The first kappa shape index (κ1) is 18.6. The van der Waals surface area contributed by atoms with E-state index in [0.717, 1.165) is 3.57 Å². The van der Waals surface area contributed by atoms with E-state index in [1.165, 1.54) is 6.07 Å². The molecule has 0 fully saturated rings. The quantitative estimate of drug-likeness (QED) is 0.387. The fourth-order valence-corrected chi connectivity index (χ4v) is 2.29. The number of hydroxylamine groups is 1. The Hall–Kier alpha value is -1.75. The highest BCUT2D eigenvalue weighted by molar-refractivity contribution is 14.1. The van der Waals surface area contributed by atoms with Crippen molar-refractivity contribution in [2.45, 2.75) is 6.10 Å². The highest BCUT2D eigenvalue weighted by Gasteiger charge is 2.13. The lowest BCUT2D eigenvalue weighted by Gasteiger charge is -2.13. The third-order valence-electron chi connectivity index (χ3n) is 3.02. The van der Waals surface area contributed by atoms with Gasteiger partial charge in [0.05, 0.1) is 23.5 Å². The zero-order valence-corrected chi connectivity index (χ0v) is 14.7. The highest BCUT2D eigenvalue weighted by Crippen LogP contribution is 2.24. The van der Waals surface area contributed by atoms with Crippen LogP contribution in [0.1, 0.15) is 10.4 Å². The molecule has 1 atom stereocenters. The van der Waals surface area contributed by atoms with Crippen LogP contribution in [0.4, 0.5) is 15.8 Å². The van der Waals surface area contributed by atoms with Crippen LogP contribution in [0.2, 0.25) is 0 Å². The number of amides is 1. The number of hydrogen-bond acceptors (Lipinski definition) is 5. The molecule has 128 valence electrons. The van der Waals surface area contributed by atoms with Crippen molar-refractivity contribution in [3.63, 3.8) is 0 Å². The smallest absolute Gasteiger partial charge is 0.276 e. The summed E-state index contributed by atoms with van der Waals surface area (Å²) in [5.74, 6) is -0.992. The summed E-state index contributed by atoms with van der Waals surface area (Å²) in [5, 5.41) is 20.7. The molecule has 0 saturated heterocycles. The number of halogens is 2. The lowest BCUT2D eigenvalue weighted by atomic mass is 10.1. The number of benzene rings is 2. The van der Waals surface area contributed by atoms with Gasteiger partial charge in [0.1, 0.15) is 18.5 Å². The van der Waals surface area contributed by atoms with Crippen molar-refractivity contribution < 1.29 is 24.2 Å². The Morgan fingerprint density at radius 2 is 2.00 bits per heavy atom. The van der Waals surface area contributed by atoms with Gasteiger partial charge in [0.25, 0.3) is 5.91 Å². The van der Waals surface area contributed by atoms with E-state index in [4.69, 9.17) is 15.1 Å². The standard InChI is InChI=1S/C16H16FIN2O4/c17-13-7-10(18)5-6-15(13)19-14-4-2-1-3-12(14)16(23)20-24-9-11(22)8-21/h1-7,11,19,21-22H,8-9H2,(H,20,23). The van der Waals surface area contributed by atoms with Gasteiger partial charge in [-0.05, 0) is 52.9 Å². The maximum Gasteiger partial charge on any atom is 0.276 e. The van der Waals surface area contributed by atoms with Gasteiger partial charge in [-0.1, -0.05) is 12.1 Å². The Bertz CT molecular complexity index is 714. The van der Waals surface area contributed by atoms with Crippen LogP contribution in [0.15, 0.2) is 42.5 Å². The van der Waals surface area contributed by atoms with Crippen molar-refractivity contribution in [3.8, 4) is 0 Å². The van der Waals surface area contributed by atoms with Crippen LogP contribution in [0, 0.1) is 9.39 Å². The maximum absolute atomic E-state index is 14.0. The number of carbonyl (C=O) groups excluding carboxylic acids is 1. The minimum absolute atomic E-state index is 0.243. The molecule has 8 heteroatoms. The van der Waals surface area contributed by atoms with E-state index in [1.54, 1.807) is 36.4 Å². The SMILES string of the molecule is O=C(NOCC(O)CO)c1ccccc1Nc1ccc(I)cc1F. The van der Waals surface area contributed by atoms with Gasteiger partial charge in [0, 0.05) is 3.57 Å². The maximum atomic E-state index is 14.0. The van der Waals surface area contributed by atoms with Crippen LogP contribution in [-0.2, 0) is 4.84 Å². The predicted octanol–water partition coefficient (Wildman–Crippen LogP) is 2.19. The number of hydrogen-bond donors (Lipinski definition) is 4. The highest BCUT2D eigenvalue weighted by atomic mass is 127. The molecule has 0 spiro atoms. The van der Waals surface area contributed by atoms with Crippen LogP contribution >= 0.6 is 22.6 Å². The summed E-state index contributed by atoms with van der Waals surface area (Å²) >= 11 is 2.01. The van der Waals surface area contributed by atoms with Crippen LogP contribution in [0.25, 0.3) is 0 Å². The summed E-state index contributed by atoms with van der Waals surface area (Å²) in [6.45, 7) is -0.719. The van der Waals surface area contributed by atoms with Gasteiger partial charge in [-0.3, -0.25) is 9.63 Å². The number of rotatable bonds is 7. The van der Waals surface area contributed by atoms with Gasteiger partial charge < -0.3 is 15.5 Å². The summed E-state index contributed by atoms with van der Waals surface area (Å²) in [4.78, 5) is 17.0. The zero-order chi connectivity index (χ0) is 17.5. The van der Waals surface area contributed by atoms with Crippen LogP contribution in [0.3, 0.4) is 0 Å². The monoisotopic (exact) mass is 446 g/mol. The lowest BCUT2D eigenvalue weighted by Crippen LogP contribution is -2.30. The third kappa shape index (κ3) is 5.13. The van der Waals surface area contributed by atoms with Gasteiger partial charge in [-0.15, -0.1) is 0 Å². The van der Waals surface area contributed by atoms with Crippen LogP contribution < -0.4 is 10.8 Å². The molecule has 2 aromatic rings. The van der Waals surface area contributed by atoms with E-state index < -0.39 is 24.4 Å². The van der Waals surface area contributed by atoms with Crippen LogP contribution in [-0.4, -0.2) is 35.4 Å². The molecule has 0 aliphatic carbocycles. The third-order valence-corrected chi connectivity index (χ3v) is 3.69. The molecular weight excluding hydrogens is 430 g/mol. The molecule has 4 N–H and O–H groups in total. The minimum Gasteiger partial charge on any atom is -0.394 e. The summed E-state index contributed by atoms with van der Waals surface area (Å²) in [7, 11) is 0. The molecule has 0 bridgehead atoms. The number of para-hydroxylation sites is 1. The Morgan fingerprint density at radius 1 is 1.25 bits per heavy atom. The summed E-state index contributed by atoms with van der Waals surface area (Å²) < 4.78 is 14.7. The molecule has 1 amide bonds. The first-order valence-electron chi connectivity index (χ1n) is 7.03.